The monoisotopic (exact) mass is 147 g/mol. The first kappa shape index (κ1) is 7.86. The van der Waals surface area contributed by atoms with Crippen LogP contribution in [0.4, 0.5) is 0 Å². The third-order valence-corrected chi connectivity index (χ3v) is 1.53. The van der Waals surface area contributed by atoms with Gasteiger partial charge in [0.1, 0.15) is 0 Å². The average molecular weight is 147 g/mol. The van der Waals surface area contributed by atoms with Crippen LogP contribution in [0.3, 0.4) is 0 Å². The van der Waals surface area contributed by atoms with Crippen molar-refractivity contribution < 1.29 is 0 Å². The maximum Gasteiger partial charge on any atom is 0.0310 e. The molecule has 1 rings (SSSR count). The van der Waals surface area contributed by atoms with E-state index in [1.165, 1.54) is 5.57 Å². The van der Waals surface area contributed by atoms with Gasteiger partial charge >= 0.3 is 0 Å². The Morgan fingerprint density at radius 3 is 2.82 bits per heavy atom. The molecule has 58 valence electrons. The summed E-state index contributed by atoms with van der Waals surface area (Å²) in [7, 11) is 0. The Morgan fingerprint density at radius 2 is 2.00 bits per heavy atom. The lowest BCUT2D eigenvalue weighted by atomic mass is 10.2. The van der Waals surface area contributed by atoms with Gasteiger partial charge in [-0.2, -0.15) is 0 Å². The predicted octanol–water partition coefficient (Wildman–Crippen LogP) is 2.29. The highest BCUT2D eigenvalue weighted by molar-refractivity contribution is 5.26. The first-order valence-corrected chi connectivity index (χ1v) is 3.75. The van der Waals surface area contributed by atoms with E-state index in [1.54, 1.807) is 0 Å². The van der Waals surface area contributed by atoms with Crippen LogP contribution in [0.25, 0.3) is 0 Å². The van der Waals surface area contributed by atoms with Crippen LogP contribution < -0.4 is 5.73 Å². The fourth-order valence-corrected chi connectivity index (χ4v) is 0.891. The Morgan fingerprint density at radius 1 is 1.27 bits per heavy atom. The molecule has 0 amide bonds. The van der Waals surface area contributed by atoms with Crippen molar-refractivity contribution in [3.63, 3.8) is 0 Å². The standard InChI is InChI=1S/C10H13N/c1-9-5-2-3-7-10(11)8-4-6-9/h2-5,7-8H,6,11H2,1H3/b3-2-,8-4?,9-5-,10-7+. The summed E-state index contributed by atoms with van der Waals surface area (Å²) >= 11 is 0. The third kappa shape index (κ3) is 2.89. The molecule has 0 radical (unpaired) electrons. The zero-order valence-electron chi connectivity index (χ0n) is 6.75. The van der Waals surface area contributed by atoms with E-state index in [0.717, 1.165) is 12.1 Å². The number of hydrogen-bond acceptors (Lipinski definition) is 1. The molecule has 0 spiro atoms. The molecule has 1 heteroatoms. The molecular weight excluding hydrogens is 134 g/mol. The van der Waals surface area contributed by atoms with Gasteiger partial charge in [-0.3, -0.25) is 0 Å². The average Bonchev–Trinajstić information content (AvgIpc) is 2.04. The minimum atomic E-state index is 0.810. The highest BCUT2D eigenvalue weighted by Gasteiger charge is 1.85. The molecule has 0 saturated carbocycles. The fourth-order valence-electron chi connectivity index (χ4n) is 0.891. The van der Waals surface area contributed by atoms with Gasteiger partial charge in [0.05, 0.1) is 0 Å². The van der Waals surface area contributed by atoms with Crippen LogP contribution in [0.5, 0.6) is 0 Å². The van der Waals surface area contributed by atoms with Crippen molar-refractivity contribution in [1.29, 1.82) is 0 Å². The van der Waals surface area contributed by atoms with E-state index in [0.29, 0.717) is 0 Å². The van der Waals surface area contributed by atoms with Crippen molar-refractivity contribution in [2.45, 2.75) is 13.3 Å². The number of nitrogens with two attached hydrogens (primary N) is 1. The second-order valence-electron chi connectivity index (χ2n) is 2.67. The molecule has 11 heavy (non-hydrogen) atoms. The highest BCUT2D eigenvalue weighted by atomic mass is 14.5. The molecule has 1 aliphatic carbocycles. The van der Waals surface area contributed by atoms with Crippen LogP contribution in [-0.2, 0) is 0 Å². The van der Waals surface area contributed by atoms with Gasteiger partial charge in [-0.15, -0.1) is 0 Å². The van der Waals surface area contributed by atoms with E-state index in [4.69, 9.17) is 5.73 Å². The van der Waals surface area contributed by atoms with Crippen molar-refractivity contribution >= 4 is 0 Å². The smallest absolute Gasteiger partial charge is 0.0310 e. The van der Waals surface area contributed by atoms with Gasteiger partial charge in [0.25, 0.3) is 0 Å². The van der Waals surface area contributed by atoms with Crippen LogP contribution in [0.15, 0.2) is 47.7 Å². The first-order chi connectivity index (χ1) is 5.29. The van der Waals surface area contributed by atoms with Crippen LogP contribution >= 0.6 is 0 Å². The van der Waals surface area contributed by atoms with Gasteiger partial charge in [0.15, 0.2) is 0 Å². The summed E-state index contributed by atoms with van der Waals surface area (Å²) in [6.07, 6.45) is 12.9. The van der Waals surface area contributed by atoms with Gasteiger partial charge in [0.2, 0.25) is 0 Å². The van der Waals surface area contributed by atoms with Crippen LogP contribution in [0.2, 0.25) is 0 Å². The number of hydrogen-bond donors (Lipinski definition) is 1. The third-order valence-electron chi connectivity index (χ3n) is 1.53. The van der Waals surface area contributed by atoms with E-state index in [2.05, 4.69) is 19.1 Å². The predicted molar refractivity (Wildman–Crippen MR) is 48.9 cm³/mol. The fraction of sp³-hybridized carbons (Fsp3) is 0.200. The lowest BCUT2D eigenvalue weighted by Crippen LogP contribution is -1.90. The molecule has 0 aromatic carbocycles. The molecule has 0 heterocycles. The molecule has 0 aromatic rings. The summed E-state index contributed by atoms with van der Waals surface area (Å²) in [5, 5.41) is 0. The summed E-state index contributed by atoms with van der Waals surface area (Å²) < 4.78 is 0. The Labute approximate surface area is 67.6 Å². The lowest BCUT2D eigenvalue weighted by molar-refractivity contribution is 1.21. The second kappa shape index (κ2) is 3.81. The Kier molecular flexibility index (Phi) is 2.73. The van der Waals surface area contributed by atoms with Crippen LogP contribution in [-0.4, -0.2) is 0 Å². The molecule has 0 fully saturated rings. The van der Waals surface area contributed by atoms with Crippen LogP contribution in [0.1, 0.15) is 13.3 Å². The lowest BCUT2D eigenvalue weighted by Gasteiger charge is -1.90. The minimum absolute atomic E-state index is 0.810. The molecular formula is C10H13N. The van der Waals surface area contributed by atoms with E-state index in [9.17, 15) is 0 Å². The Balaban J connectivity index is 2.79. The quantitative estimate of drug-likeness (QED) is 0.559. The maximum atomic E-state index is 5.62. The molecule has 1 nitrogen and oxygen atoms in total. The van der Waals surface area contributed by atoms with Gasteiger partial charge < -0.3 is 5.73 Å². The van der Waals surface area contributed by atoms with Gasteiger partial charge in [-0.25, -0.2) is 0 Å². The van der Waals surface area contributed by atoms with Crippen LogP contribution in [0, 0.1) is 0 Å². The van der Waals surface area contributed by atoms with Gasteiger partial charge in [0, 0.05) is 5.70 Å². The second-order valence-corrected chi connectivity index (χ2v) is 2.67. The van der Waals surface area contributed by atoms with Gasteiger partial charge in [-0.05, 0) is 25.5 Å². The van der Waals surface area contributed by atoms with Crippen molar-refractivity contribution in [1.82, 2.24) is 0 Å². The Bertz CT molecular complexity index is 242. The van der Waals surface area contributed by atoms with E-state index in [1.807, 2.05) is 24.3 Å². The summed E-state index contributed by atoms with van der Waals surface area (Å²) in [6.45, 7) is 2.11. The molecule has 2 N–H and O–H groups in total. The van der Waals surface area contributed by atoms with E-state index >= 15 is 0 Å². The van der Waals surface area contributed by atoms with Crippen molar-refractivity contribution in [3.8, 4) is 0 Å². The Hall–Kier alpha value is -1.24. The van der Waals surface area contributed by atoms with Crippen molar-refractivity contribution in [2.75, 3.05) is 0 Å². The molecule has 0 saturated heterocycles. The summed E-state index contributed by atoms with van der Waals surface area (Å²) in [6, 6.07) is 0. The normalized spacial score (nSPS) is 30.3. The molecule has 0 aromatic heterocycles. The number of allylic oxidation sites excluding steroid dienone is 7. The summed E-state index contributed by atoms with van der Waals surface area (Å²) in [5.74, 6) is 0. The molecule has 0 aliphatic heterocycles. The molecule has 1 aliphatic rings. The van der Waals surface area contributed by atoms with E-state index < -0.39 is 0 Å². The SMILES string of the molecule is C/C1=C/C=C\C=C(\N)C=CC1. The summed E-state index contributed by atoms with van der Waals surface area (Å²) in [4.78, 5) is 0. The first-order valence-electron chi connectivity index (χ1n) is 3.75. The topological polar surface area (TPSA) is 26.0 Å². The number of rotatable bonds is 0. The largest absolute Gasteiger partial charge is 0.399 e. The van der Waals surface area contributed by atoms with Crippen molar-refractivity contribution in [2.24, 2.45) is 5.73 Å². The van der Waals surface area contributed by atoms with Gasteiger partial charge in [-0.1, -0.05) is 29.9 Å². The zero-order chi connectivity index (χ0) is 8.10. The maximum absolute atomic E-state index is 5.62. The summed E-state index contributed by atoms with van der Waals surface area (Å²) in [5.41, 5.74) is 7.78. The zero-order valence-corrected chi connectivity index (χ0v) is 6.75. The molecule has 0 unspecified atom stereocenters. The van der Waals surface area contributed by atoms with Crippen molar-refractivity contribution in [3.05, 3.63) is 47.7 Å². The molecule has 0 bridgehead atoms. The molecule has 0 atom stereocenters. The minimum Gasteiger partial charge on any atom is -0.399 e. The van der Waals surface area contributed by atoms with E-state index in [-0.39, 0.29) is 0 Å². The highest BCUT2D eigenvalue weighted by Crippen LogP contribution is 2.04.